The fourth-order valence-corrected chi connectivity index (χ4v) is 2.24. The number of cyclic esters (lactones) is 1. The number of hydrogen-bond acceptors (Lipinski definition) is 3. The zero-order valence-corrected chi connectivity index (χ0v) is 10.2. The second-order valence-electron chi connectivity index (χ2n) is 3.76. The molecule has 3 N–H and O–H groups in total. The van der Waals surface area contributed by atoms with E-state index >= 15 is 0 Å². The van der Waals surface area contributed by atoms with Crippen molar-refractivity contribution in [1.82, 2.24) is 5.32 Å². The molecule has 16 heavy (non-hydrogen) atoms. The van der Waals surface area contributed by atoms with Crippen LogP contribution in [0.1, 0.15) is 5.56 Å². The smallest absolute Gasteiger partial charge is 0.407 e. The minimum absolute atomic E-state index is 0.0912. The lowest BCUT2D eigenvalue weighted by molar-refractivity contribution is 0.132. The van der Waals surface area contributed by atoms with Crippen LogP contribution in [0.4, 0.5) is 4.79 Å². The topological polar surface area (TPSA) is 64.3 Å². The molecule has 1 fully saturated rings. The number of hydrogen-bond donors (Lipinski definition) is 2. The molecule has 86 valence electrons. The number of halogens is 1. The summed E-state index contributed by atoms with van der Waals surface area (Å²) in [5.41, 5.74) is 6.69. The van der Waals surface area contributed by atoms with E-state index in [4.69, 9.17) is 10.5 Å². The van der Waals surface area contributed by atoms with E-state index < -0.39 is 0 Å². The fraction of sp³-hybridized carbons (Fsp3) is 0.364. The van der Waals surface area contributed by atoms with Crippen molar-refractivity contribution in [1.29, 1.82) is 0 Å². The first kappa shape index (κ1) is 11.4. The third kappa shape index (κ3) is 2.54. The summed E-state index contributed by atoms with van der Waals surface area (Å²) in [5.74, 6) is 0. The molecule has 0 bridgehead atoms. The Hall–Kier alpha value is -1.07. The van der Waals surface area contributed by atoms with Gasteiger partial charge in [0.2, 0.25) is 0 Å². The number of nitrogens with one attached hydrogen (secondary N) is 1. The van der Waals surface area contributed by atoms with Crippen LogP contribution in [0.15, 0.2) is 28.7 Å². The van der Waals surface area contributed by atoms with Gasteiger partial charge in [-0.2, -0.15) is 0 Å². The number of amides is 1. The average molecular weight is 285 g/mol. The van der Waals surface area contributed by atoms with Crippen LogP contribution < -0.4 is 11.1 Å². The van der Waals surface area contributed by atoms with Gasteiger partial charge >= 0.3 is 6.09 Å². The van der Waals surface area contributed by atoms with Gasteiger partial charge in [0.25, 0.3) is 0 Å². The van der Waals surface area contributed by atoms with E-state index in [9.17, 15) is 4.79 Å². The highest BCUT2D eigenvalue weighted by atomic mass is 79.9. The van der Waals surface area contributed by atoms with E-state index in [1.54, 1.807) is 0 Å². The monoisotopic (exact) mass is 284 g/mol. The second kappa shape index (κ2) is 4.84. The number of nitrogens with two attached hydrogens (primary N) is 1. The molecule has 2 unspecified atom stereocenters. The SMILES string of the molecule is NCC1NC(=O)OC1Cc1cccc(Br)c1. The number of rotatable bonds is 3. The Morgan fingerprint density at radius 2 is 2.31 bits per heavy atom. The number of benzene rings is 1. The molecular formula is C11H13BrN2O2. The van der Waals surface area contributed by atoms with Crippen molar-refractivity contribution in [2.45, 2.75) is 18.6 Å². The largest absolute Gasteiger partial charge is 0.444 e. The van der Waals surface area contributed by atoms with E-state index in [1.807, 2.05) is 24.3 Å². The molecule has 2 rings (SSSR count). The summed E-state index contributed by atoms with van der Waals surface area (Å²) in [5, 5.41) is 2.69. The molecule has 1 aromatic carbocycles. The molecule has 1 heterocycles. The van der Waals surface area contributed by atoms with Crippen molar-refractivity contribution in [2.24, 2.45) is 5.73 Å². The molecule has 4 nitrogen and oxygen atoms in total. The standard InChI is InChI=1S/C11H13BrN2O2/c12-8-3-1-2-7(4-8)5-10-9(6-13)14-11(15)16-10/h1-4,9-10H,5-6,13H2,(H,14,15). The predicted octanol–water partition coefficient (Wildman–Crippen LogP) is 1.43. The quantitative estimate of drug-likeness (QED) is 0.883. The van der Waals surface area contributed by atoms with E-state index in [1.165, 1.54) is 0 Å². The lowest BCUT2D eigenvalue weighted by Gasteiger charge is -2.14. The highest BCUT2D eigenvalue weighted by molar-refractivity contribution is 9.10. The summed E-state index contributed by atoms with van der Waals surface area (Å²) in [6, 6.07) is 7.85. The number of carbonyl (C=O) groups is 1. The van der Waals surface area contributed by atoms with Crippen molar-refractivity contribution in [3.63, 3.8) is 0 Å². The first-order valence-corrected chi connectivity index (χ1v) is 5.90. The van der Waals surface area contributed by atoms with Crippen LogP contribution in [0.25, 0.3) is 0 Å². The highest BCUT2D eigenvalue weighted by Crippen LogP contribution is 2.17. The number of alkyl carbamates (subject to hydrolysis) is 1. The molecule has 1 aromatic rings. The van der Waals surface area contributed by atoms with Crippen molar-refractivity contribution in [2.75, 3.05) is 6.54 Å². The Bertz CT molecular complexity index is 397. The van der Waals surface area contributed by atoms with Crippen LogP contribution in [-0.2, 0) is 11.2 Å². The Morgan fingerprint density at radius 1 is 1.50 bits per heavy atom. The highest BCUT2D eigenvalue weighted by Gasteiger charge is 2.32. The van der Waals surface area contributed by atoms with Crippen LogP contribution in [0.2, 0.25) is 0 Å². The van der Waals surface area contributed by atoms with Crippen molar-refractivity contribution >= 4 is 22.0 Å². The molecule has 1 amide bonds. The van der Waals surface area contributed by atoms with Crippen LogP contribution in [0, 0.1) is 0 Å². The van der Waals surface area contributed by atoms with Crippen molar-refractivity contribution < 1.29 is 9.53 Å². The fourth-order valence-electron chi connectivity index (χ4n) is 1.79. The summed E-state index contributed by atoms with van der Waals surface area (Å²) >= 11 is 3.41. The summed E-state index contributed by atoms with van der Waals surface area (Å²) in [4.78, 5) is 11.1. The van der Waals surface area contributed by atoms with Gasteiger partial charge < -0.3 is 15.8 Å². The van der Waals surface area contributed by atoms with Crippen molar-refractivity contribution in [3.8, 4) is 0 Å². The van der Waals surface area contributed by atoms with E-state index in [0.717, 1.165) is 10.0 Å². The molecule has 1 aliphatic rings. The van der Waals surface area contributed by atoms with Gasteiger partial charge in [0.15, 0.2) is 0 Å². The van der Waals surface area contributed by atoms with Crippen LogP contribution in [0.5, 0.6) is 0 Å². The third-order valence-corrected chi connectivity index (χ3v) is 3.08. The van der Waals surface area contributed by atoms with Gasteiger partial charge in [-0.3, -0.25) is 0 Å². The van der Waals surface area contributed by atoms with Gasteiger partial charge in [0.05, 0.1) is 6.04 Å². The maximum Gasteiger partial charge on any atom is 0.407 e. The lowest BCUT2D eigenvalue weighted by Crippen LogP contribution is -2.39. The molecule has 1 aliphatic heterocycles. The van der Waals surface area contributed by atoms with E-state index in [2.05, 4.69) is 21.2 Å². The first-order chi connectivity index (χ1) is 7.69. The predicted molar refractivity (Wildman–Crippen MR) is 64.1 cm³/mol. The Kier molecular flexibility index (Phi) is 3.46. The van der Waals surface area contributed by atoms with Crippen molar-refractivity contribution in [3.05, 3.63) is 34.3 Å². The summed E-state index contributed by atoms with van der Waals surface area (Å²) in [7, 11) is 0. The van der Waals surface area contributed by atoms with Crippen LogP contribution >= 0.6 is 15.9 Å². The van der Waals surface area contributed by atoms with Gasteiger partial charge in [-0.15, -0.1) is 0 Å². The summed E-state index contributed by atoms with van der Waals surface area (Å²) in [6.07, 6.45) is 0.127. The second-order valence-corrected chi connectivity index (χ2v) is 4.68. The van der Waals surface area contributed by atoms with E-state index in [0.29, 0.717) is 13.0 Å². The van der Waals surface area contributed by atoms with Gasteiger partial charge in [0.1, 0.15) is 6.10 Å². The van der Waals surface area contributed by atoms with E-state index in [-0.39, 0.29) is 18.2 Å². The number of ether oxygens (including phenoxy) is 1. The minimum Gasteiger partial charge on any atom is -0.444 e. The molecule has 0 radical (unpaired) electrons. The summed E-state index contributed by atoms with van der Waals surface area (Å²) < 4.78 is 6.18. The Labute approximate surface area is 102 Å². The van der Waals surface area contributed by atoms with Crippen LogP contribution in [-0.4, -0.2) is 24.8 Å². The van der Waals surface area contributed by atoms with Gasteiger partial charge in [-0.05, 0) is 17.7 Å². The molecule has 2 atom stereocenters. The maximum atomic E-state index is 11.1. The lowest BCUT2D eigenvalue weighted by atomic mass is 10.0. The zero-order chi connectivity index (χ0) is 11.5. The molecule has 0 saturated carbocycles. The van der Waals surface area contributed by atoms with Gasteiger partial charge in [-0.25, -0.2) is 4.79 Å². The van der Waals surface area contributed by atoms with Crippen LogP contribution in [0.3, 0.4) is 0 Å². The zero-order valence-electron chi connectivity index (χ0n) is 8.65. The normalized spacial score (nSPS) is 24.0. The molecular weight excluding hydrogens is 272 g/mol. The van der Waals surface area contributed by atoms with Gasteiger partial charge in [-0.1, -0.05) is 28.1 Å². The Balaban J connectivity index is 2.06. The molecule has 0 aliphatic carbocycles. The molecule has 0 aromatic heterocycles. The summed E-state index contributed by atoms with van der Waals surface area (Å²) in [6.45, 7) is 0.393. The van der Waals surface area contributed by atoms with Gasteiger partial charge in [0, 0.05) is 17.4 Å². The average Bonchev–Trinajstić information content (AvgIpc) is 2.59. The molecule has 5 heteroatoms. The Morgan fingerprint density at radius 3 is 3.00 bits per heavy atom. The number of carbonyl (C=O) groups excluding carboxylic acids is 1. The maximum absolute atomic E-state index is 11.1. The third-order valence-electron chi connectivity index (χ3n) is 2.59. The molecule has 1 saturated heterocycles. The molecule has 0 spiro atoms. The first-order valence-electron chi connectivity index (χ1n) is 5.10. The minimum atomic E-state index is -0.379.